The van der Waals surface area contributed by atoms with Crippen LogP contribution in [0.1, 0.15) is 115 Å². The molecule has 79 heavy (non-hydrogen) atoms. The quantitative estimate of drug-likeness (QED) is 0.0708. The van der Waals surface area contributed by atoms with Gasteiger partial charge in [0.1, 0.15) is 33.6 Å². The van der Waals surface area contributed by atoms with Gasteiger partial charge in [0.2, 0.25) is 23.6 Å². The zero-order valence-corrected chi connectivity index (χ0v) is 44.7. The summed E-state index contributed by atoms with van der Waals surface area (Å²) in [5, 5.41) is 24.5. The van der Waals surface area contributed by atoms with Crippen molar-refractivity contribution in [1.82, 2.24) is 19.9 Å². The third-order valence-electron chi connectivity index (χ3n) is 16.3. The van der Waals surface area contributed by atoms with Gasteiger partial charge in [0, 0.05) is 5.41 Å². The van der Waals surface area contributed by atoms with Gasteiger partial charge in [-0.1, -0.05) is 164 Å². The monoisotopic (exact) mass is 1040 g/mol. The van der Waals surface area contributed by atoms with Gasteiger partial charge in [0.25, 0.3) is 0 Å². The summed E-state index contributed by atoms with van der Waals surface area (Å²) in [6.45, 7) is 4.55. The molecule has 0 saturated carbocycles. The Morgan fingerprint density at radius 3 is 0.949 bits per heavy atom. The summed E-state index contributed by atoms with van der Waals surface area (Å²) < 4.78 is 25.5. The van der Waals surface area contributed by atoms with Gasteiger partial charge in [-0.2, -0.15) is 0 Å². The second kappa shape index (κ2) is 21.2. The maximum absolute atomic E-state index is 12.3. The zero-order chi connectivity index (χ0) is 53.5. The molecule has 0 bridgehead atoms. The third-order valence-corrected chi connectivity index (χ3v) is 16.3. The van der Waals surface area contributed by atoms with Crippen molar-refractivity contribution >= 4 is 44.4 Å². The van der Waals surface area contributed by atoms with Crippen LogP contribution >= 0.6 is 0 Å². The number of hydrogen-bond donors (Lipinski definition) is 2. The second-order valence-corrected chi connectivity index (χ2v) is 21.4. The van der Waals surface area contributed by atoms with E-state index in [4.69, 9.17) is 37.6 Å². The van der Waals surface area contributed by atoms with Crippen LogP contribution in [-0.4, -0.2) is 30.1 Å². The van der Waals surface area contributed by atoms with Crippen molar-refractivity contribution in [2.45, 2.75) is 109 Å². The van der Waals surface area contributed by atoms with Crippen molar-refractivity contribution in [2.75, 3.05) is 0 Å². The van der Waals surface area contributed by atoms with Crippen LogP contribution < -0.4 is 0 Å². The zero-order valence-electron chi connectivity index (χ0n) is 44.7. The molecule has 0 aliphatic heterocycles. The number of phenolic OH excluding ortho intramolecular Hbond substituents is 2. The molecule has 1 aliphatic rings. The molecule has 0 unspecified atom stereocenters. The lowest BCUT2D eigenvalue weighted by atomic mass is 9.70. The average molecular weight is 1040 g/mol. The van der Waals surface area contributed by atoms with E-state index in [0.29, 0.717) is 90.2 Å². The van der Waals surface area contributed by atoms with Gasteiger partial charge in [-0.3, -0.25) is 0 Å². The Bertz CT molecular complexity index is 3600. The molecule has 394 valence electrons. The van der Waals surface area contributed by atoms with Crippen LogP contribution in [0.25, 0.3) is 124 Å². The van der Waals surface area contributed by atoms with E-state index in [2.05, 4.69) is 50.2 Å². The van der Waals surface area contributed by atoms with Gasteiger partial charge in [0.05, 0.1) is 22.3 Å². The number of oxazole rings is 4. The lowest BCUT2D eigenvalue weighted by molar-refractivity contribution is 0.398. The number of benzene rings is 8. The van der Waals surface area contributed by atoms with Crippen molar-refractivity contribution in [3.8, 4) is 90.7 Å². The predicted octanol–water partition coefficient (Wildman–Crippen LogP) is 19.4. The number of phenols is 2. The highest BCUT2D eigenvalue weighted by atomic mass is 16.4. The fourth-order valence-electron chi connectivity index (χ4n) is 12.1. The van der Waals surface area contributed by atoms with E-state index in [1.165, 1.54) is 73.6 Å². The molecule has 10 heteroatoms. The van der Waals surface area contributed by atoms with E-state index in [1.807, 2.05) is 121 Å². The summed E-state index contributed by atoms with van der Waals surface area (Å²) in [5.74, 6) is 1.21. The fraction of sp³-hybridized carbons (Fsp3) is 0.246. The molecular weight excluding hydrogens is 981 g/mol. The molecule has 13 rings (SSSR count). The summed E-state index contributed by atoms with van der Waals surface area (Å²) >= 11 is 0. The lowest BCUT2D eigenvalue weighted by Crippen LogP contribution is -2.25. The van der Waals surface area contributed by atoms with Gasteiger partial charge >= 0.3 is 0 Å². The van der Waals surface area contributed by atoms with Crippen LogP contribution in [0.15, 0.2) is 175 Å². The Morgan fingerprint density at radius 1 is 0.329 bits per heavy atom. The molecule has 0 amide bonds. The molecule has 12 aromatic rings. The Morgan fingerprint density at radius 2 is 0.633 bits per heavy atom. The number of aromatic hydroxyl groups is 2. The maximum atomic E-state index is 12.3. The molecule has 0 radical (unpaired) electrons. The first-order chi connectivity index (χ1) is 38.8. The second-order valence-electron chi connectivity index (χ2n) is 21.4. The number of nitrogens with zero attached hydrogens (tertiary/aromatic N) is 4. The van der Waals surface area contributed by atoms with Crippen molar-refractivity contribution < 1.29 is 27.9 Å². The van der Waals surface area contributed by atoms with E-state index in [0.717, 1.165) is 60.8 Å². The van der Waals surface area contributed by atoms with E-state index in [1.54, 1.807) is 0 Å². The Kier molecular flexibility index (Phi) is 13.4. The molecule has 0 saturated heterocycles. The van der Waals surface area contributed by atoms with Crippen molar-refractivity contribution in [1.29, 1.82) is 0 Å². The Balaban J connectivity index is 0.982. The number of fused-ring (bicyclic) bond motifs is 7. The van der Waals surface area contributed by atoms with Gasteiger partial charge in [-0.25, -0.2) is 19.9 Å². The van der Waals surface area contributed by atoms with Crippen molar-refractivity contribution in [3.63, 3.8) is 0 Å². The van der Waals surface area contributed by atoms with Gasteiger partial charge in [-0.05, 0) is 142 Å². The Labute approximate surface area is 458 Å². The topological polar surface area (TPSA) is 145 Å². The van der Waals surface area contributed by atoms with Crippen LogP contribution in [0.3, 0.4) is 0 Å². The minimum absolute atomic E-state index is 0.0174. The molecule has 1 aliphatic carbocycles. The van der Waals surface area contributed by atoms with E-state index >= 15 is 0 Å². The summed E-state index contributed by atoms with van der Waals surface area (Å²) in [7, 11) is 0. The summed E-state index contributed by atoms with van der Waals surface area (Å²) in [6, 6.07) is 52.4. The van der Waals surface area contributed by atoms with E-state index in [-0.39, 0.29) is 16.9 Å². The van der Waals surface area contributed by atoms with Crippen molar-refractivity contribution in [3.05, 3.63) is 169 Å². The van der Waals surface area contributed by atoms with Crippen LogP contribution in [-0.2, 0) is 5.41 Å². The first kappa shape index (κ1) is 49.8. The lowest BCUT2D eigenvalue weighted by Gasteiger charge is -2.33. The van der Waals surface area contributed by atoms with E-state index in [9.17, 15) is 10.2 Å². The molecule has 0 atom stereocenters. The third kappa shape index (κ3) is 9.32. The number of unbranched alkanes of at least 4 members (excludes halogenated alkanes) is 10. The largest absolute Gasteiger partial charge is 0.506 e. The van der Waals surface area contributed by atoms with Crippen LogP contribution in [0.5, 0.6) is 11.5 Å². The number of hydrogen-bond acceptors (Lipinski definition) is 10. The van der Waals surface area contributed by atoms with Gasteiger partial charge < -0.3 is 27.9 Å². The molecule has 10 nitrogen and oxygen atoms in total. The van der Waals surface area contributed by atoms with Gasteiger partial charge in [0.15, 0.2) is 22.3 Å². The summed E-state index contributed by atoms with van der Waals surface area (Å²) in [4.78, 5) is 19.5. The first-order valence-corrected chi connectivity index (χ1v) is 28.3. The fourth-order valence-corrected chi connectivity index (χ4v) is 12.1. The number of aromatic nitrogens is 4. The summed E-state index contributed by atoms with van der Waals surface area (Å²) in [5.41, 5.74) is 15.6. The van der Waals surface area contributed by atoms with Crippen LogP contribution in [0, 0.1) is 0 Å². The van der Waals surface area contributed by atoms with Gasteiger partial charge in [-0.15, -0.1) is 0 Å². The van der Waals surface area contributed by atoms with Crippen molar-refractivity contribution in [2.24, 2.45) is 0 Å². The normalized spacial score (nSPS) is 12.8. The number of rotatable bonds is 20. The SMILES string of the molecule is CCCCCCCCC1(CCCCCCCC)c2cc(-c3cc(-c4nc5ccccc5o4)c(O)c(-c4nc5ccccc5o4)c3)ccc2-c2ccc(-c3cc(-c4nc5ccccc5o4)c(O)c(-c4nc5ccccc5o4)c3)cc21. The molecule has 0 spiro atoms. The highest BCUT2D eigenvalue weighted by Crippen LogP contribution is 2.57. The standard InChI is InChI=1S/C69H62N4O6/c1-3-5-7-9-11-21-35-69(36-22-12-10-8-6-4-2)53-41-43(45-37-49(65-70-55-23-13-17-27-59(55)76-65)63(74)50(38-45)66-71-56-24-14-18-28-60(56)77-66)31-33-47(53)48-34-32-44(42-54(48)69)46-39-51(67-72-57-25-15-19-29-61(57)78-67)64(75)52(40-46)68-73-58-26-16-20-30-62(58)79-68/h13-20,23-34,37-42,74-75H,3-12,21-22,35-36H2,1-2H3. The predicted molar refractivity (Wildman–Crippen MR) is 315 cm³/mol. The minimum Gasteiger partial charge on any atom is -0.506 e. The average Bonchev–Trinajstić information content (AvgIpc) is 4.44. The molecular formula is C69H62N4O6. The molecule has 8 aromatic carbocycles. The molecule has 4 heterocycles. The highest BCUT2D eigenvalue weighted by molar-refractivity contribution is 5.92. The Hall–Kier alpha value is -8.76. The summed E-state index contributed by atoms with van der Waals surface area (Å²) in [6.07, 6.45) is 16.2. The molecule has 4 aromatic heterocycles. The first-order valence-electron chi connectivity index (χ1n) is 28.3. The maximum Gasteiger partial charge on any atom is 0.231 e. The number of para-hydroxylation sites is 8. The smallest absolute Gasteiger partial charge is 0.231 e. The van der Waals surface area contributed by atoms with Crippen LogP contribution in [0.4, 0.5) is 0 Å². The molecule has 2 N–H and O–H groups in total. The van der Waals surface area contributed by atoms with Crippen LogP contribution in [0.2, 0.25) is 0 Å². The highest BCUT2D eigenvalue weighted by Gasteiger charge is 2.43. The minimum atomic E-state index is -0.335. The molecule has 0 fully saturated rings. The van der Waals surface area contributed by atoms with E-state index < -0.39 is 0 Å².